The predicted molar refractivity (Wildman–Crippen MR) is 102 cm³/mol. The summed E-state index contributed by atoms with van der Waals surface area (Å²) in [5, 5.41) is 10.9. The second kappa shape index (κ2) is 8.46. The molecule has 0 aliphatic heterocycles. The van der Waals surface area contributed by atoms with Gasteiger partial charge in [0.25, 0.3) is 0 Å². The Morgan fingerprint density at radius 2 is 1.80 bits per heavy atom. The molecule has 132 valence electrons. The molecule has 0 fully saturated rings. The molecule has 3 aromatic rings. The van der Waals surface area contributed by atoms with E-state index in [-0.39, 0.29) is 0 Å². The number of benzene rings is 1. The normalized spacial score (nSPS) is 11.0. The smallest absolute Gasteiger partial charge is 0.227 e. The topological polar surface area (TPSA) is 67.1 Å². The molecule has 2 heterocycles. The second-order valence-electron chi connectivity index (χ2n) is 6.21. The van der Waals surface area contributed by atoms with Crippen molar-refractivity contribution in [1.82, 2.24) is 19.6 Å². The lowest BCUT2D eigenvalue weighted by molar-refractivity contribution is 0.655. The second-order valence-corrected chi connectivity index (χ2v) is 6.21. The quantitative estimate of drug-likeness (QED) is 0.583. The molecule has 25 heavy (non-hydrogen) atoms. The van der Waals surface area contributed by atoms with Crippen molar-refractivity contribution >= 4 is 17.3 Å². The van der Waals surface area contributed by atoms with Crippen LogP contribution < -0.4 is 10.6 Å². The van der Waals surface area contributed by atoms with Gasteiger partial charge in [0.15, 0.2) is 5.65 Å². The summed E-state index contributed by atoms with van der Waals surface area (Å²) in [6, 6.07) is 10.4. The number of fused-ring (bicyclic) bond motifs is 1. The van der Waals surface area contributed by atoms with Gasteiger partial charge in [0.2, 0.25) is 5.95 Å². The Bertz CT molecular complexity index is 796. The molecule has 3 rings (SSSR count). The molecule has 1 aromatic carbocycles. The first-order chi connectivity index (χ1) is 12.3. The van der Waals surface area contributed by atoms with Gasteiger partial charge in [-0.05, 0) is 38.3 Å². The molecule has 6 nitrogen and oxygen atoms in total. The minimum Gasteiger partial charge on any atom is -0.385 e. The van der Waals surface area contributed by atoms with Crippen LogP contribution in [0.5, 0.6) is 0 Å². The average molecular weight is 338 g/mol. The SMILES string of the molecule is CNc1nc(C)nc2c(CCCCCCNc3ccccc3)cnn12. The molecule has 0 bridgehead atoms. The summed E-state index contributed by atoms with van der Waals surface area (Å²) in [4.78, 5) is 8.91. The molecule has 0 spiro atoms. The maximum Gasteiger partial charge on any atom is 0.227 e. The maximum absolute atomic E-state index is 4.55. The molecule has 0 unspecified atom stereocenters. The summed E-state index contributed by atoms with van der Waals surface area (Å²) in [5.41, 5.74) is 3.32. The van der Waals surface area contributed by atoms with E-state index in [1.807, 2.05) is 26.2 Å². The van der Waals surface area contributed by atoms with E-state index in [1.54, 1.807) is 4.52 Å². The van der Waals surface area contributed by atoms with Crippen LogP contribution in [0.1, 0.15) is 37.1 Å². The largest absolute Gasteiger partial charge is 0.385 e. The van der Waals surface area contributed by atoms with Gasteiger partial charge in [-0.1, -0.05) is 31.0 Å². The lowest BCUT2D eigenvalue weighted by Crippen LogP contribution is -2.06. The number of aromatic nitrogens is 4. The number of aryl methyl sites for hydroxylation is 2. The highest BCUT2D eigenvalue weighted by molar-refractivity contribution is 5.50. The zero-order chi connectivity index (χ0) is 17.5. The lowest BCUT2D eigenvalue weighted by atomic mass is 10.1. The van der Waals surface area contributed by atoms with E-state index in [9.17, 15) is 0 Å². The number of para-hydroxylation sites is 1. The summed E-state index contributed by atoms with van der Waals surface area (Å²) in [6.07, 6.45) is 7.72. The highest BCUT2D eigenvalue weighted by Crippen LogP contribution is 2.16. The molecule has 6 heteroatoms. The monoisotopic (exact) mass is 338 g/mol. The summed E-state index contributed by atoms with van der Waals surface area (Å²) in [6.45, 7) is 2.94. The maximum atomic E-state index is 4.55. The summed E-state index contributed by atoms with van der Waals surface area (Å²) in [7, 11) is 1.85. The lowest BCUT2D eigenvalue weighted by Gasteiger charge is -2.06. The van der Waals surface area contributed by atoms with Crippen molar-refractivity contribution in [3.05, 3.63) is 47.9 Å². The van der Waals surface area contributed by atoms with Crippen LogP contribution >= 0.6 is 0 Å². The van der Waals surface area contributed by atoms with Crippen molar-refractivity contribution < 1.29 is 0 Å². The van der Waals surface area contributed by atoms with Crippen molar-refractivity contribution in [3.63, 3.8) is 0 Å². The number of hydrogen-bond acceptors (Lipinski definition) is 5. The number of hydrogen-bond donors (Lipinski definition) is 2. The Balaban J connectivity index is 1.42. The number of rotatable bonds is 9. The van der Waals surface area contributed by atoms with Gasteiger partial charge in [0.1, 0.15) is 5.82 Å². The average Bonchev–Trinajstić information content (AvgIpc) is 3.04. The highest BCUT2D eigenvalue weighted by atomic mass is 15.3. The summed E-state index contributed by atoms with van der Waals surface area (Å²) in [5.74, 6) is 1.51. The minimum atomic E-state index is 0.737. The zero-order valence-corrected chi connectivity index (χ0v) is 15.0. The first-order valence-electron chi connectivity index (χ1n) is 8.96. The summed E-state index contributed by atoms with van der Waals surface area (Å²) < 4.78 is 1.78. The Morgan fingerprint density at radius 3 is 2.60 bits per heavy atom. The fourth-order valence-electron chi connectivity index (χ4n) is 2.95. The van der Waals surface area contributed by atoms with Crippen LogP contribution in [0.25, 0.3) is 5.65 Å². The van der Waals surface area contributed by atoms with E-state index in [1.165, 1.54) is 30.5 Å². The molecule has 0 saturated heterocycles. The Labute approximate surface area is 148 Å². The Morgan fingerprint density at radius 1 is 1.00 bits per heavy atom. The third-order valence-corrected chi connectivity index (χ3v) is 4.25. The predicted octanol–water partition coefficient (Wildman–Crippen LogP) is 3.69. The first-order valence-corrected chi connectivity index (χ1v) is 8.96. The van der Waals surface area contributed by atoms with Crippen molar-refractivity contribution in [2.24, 2.45) is 0 Å². The van der Waals surface area contributed by atoms with Crippen LogP contribution in [0, 0.1) is 6.92 Å². The van der Waals surface area contributed by atoms with Gasteiger partial charge in [-0.25, -0.2) is 4.98 Å². The van der Waals surface area contributed by atoms with Crippen LogP contribution in [0.3, 0.4) is 0 Å². The molecule has 2 aromatic heterocycles. The molecule has 0 aliphatic carbocycles. The number of nitrogens with zero attached hydrogens (tertiary/aromatic N) is 4. The molecule has 0 saturated carbocycles. The van der Waals surface area contributed by atoms with Gasteiger partial charge in [-0.3, -0.25) is 0 Å². The van der Waals surface area contributed by atoms with Crippen LogP contribution in [0.15, 0.2) is 36.5 Å². The molecule has 2 N–H and O–H groups in total. The van der Waals surface area contributed by atoms with E-state index < -0.39 is 0 Å². The fraction of sp³-hybridized carbons (Fsp3) is 0.421. The zero-order valence-electron chi connectivity index (χ0n) is 15.0. The Kier molecular flexibility index (Phi) is 5.82. The molecular formula is C19H26N6. The van der Waals surface area contributed by atoms with Crippen LogP contribution in [0.2, 0.25) is 0 Å². The van der Waals surface area contributed by atoms with Crippen molar-refractivity contribution in [1.29, 1.82) is 0 Å². The summed E-state index contributed by atoms with van der Waals surface area (Å²) >= 11 is 0. The molecule has 0 atom stereocenters. The van der Waals surface area contributed by atoms with Crippen molar-refractivity contribution in [2.45, 2.75) is 39.0 Å². The fourth-order valence-corrected chi connectivity index (χ4v) is 2.95. The highest BCUT2D eigenvalue weighted by Gasteiger charge is 2.10. The van der Waals surface area contributed by atoms with Gasteiger partial charge >= 0.3 is 0 Å². The third-order valence-electron chi connectivity index (χ3n) is 4.25. The van der Waals surface area contributed by atoms with Gasteiger partial charge in [0, 0.05) is 24.8 Å². The number of unbranched alkanes of at least 4 members (excludes halogenated alkanes) is 3. The number of nitrogens with one attached hydrogen (secondary N) is 2. The van der Waals surface area contributed by atoms with Crippen LogP contribution in [0.4, 0.5) is 11.6 Å². The van der Waals surface area contributed by atoms with Crippen molar-refractivity contribution in [2.75, 3.05) is 24.2 Å². The third kappa shape index (κ3) is 4.47. The van der Waals surface area contributed by atoms with Crippen molar-refractivity contribution in [3.8, 4) is 0 Å². The van der Waals surface area contributed by atoms with Gasteiger partial charge < -0.3 is 10.6 Å². The van der Waals surface area contributed by atoms with E-state index in [2.05, 4.69) is 50.0 Å². The van der Waals surface area contributed by atoms with Crippen LogP contribution in [-0.4, -0.2) is 33.2 Å². The van der Waals surface area contributed by atoms with Crippen LogP contribution in [-0.2, 0) is 6.42 Å². The molecule has 0 amide bonds. The van der Waals surface area contributed by atoms with Gasteiger partial charge in [-0.2, -0.15) is 14.6 Å². The van der Waals surface area contributed by atoms with Gasteiger partial charge in [0.05, 0.1) is 6.20 Å². The van der Waals surface area contributed by atoms with E-state index >= 15 is 0 Å². The van der Waals surface area contributed by atoms with E-state index in [0.717, 1.165) is 36.8 Å². The number of anilines is 2. The van der Waals surface area contributed by atoms with E-state index in [0.29, 0.717) is 0 Å². The standard InChI is InChI=1S/C19H26N6/c1-15-23-18-16(14-22-25(18)19(20-2)24-15)10-6-3-4-9-13-21-17-11-7-5-8-12-17/h5,7-8,11-12,14,21H,3-4,6,9-10,13H2,1-2H3,(H,20,23,24). The van der Waals surface area contributed by atoms with E-state index in [4.69, 9.17) is 0 Å². The van der Waals surface area contributed by atoms with Gasteiger partial charge in [-0.15, -0.1) is 0 Å². The Hall–Kier alpha value is -2.63. The molecular weight excluding hydrogens is 312 g/mol. The minimum absolute atomic E-state index is 0.737. The first kappa shape index (κ1) is 17.2. The molecule has 0 aliphatic rings. The molecule has 0 radical (unpaired) electrons.